The first kappa shape index (κ1) is 25.0. The molecule has 0 radical (unpaired) electrons. The number of hydrogen-bond acceptors (Lipinski definition) is 5. The van der Waals surface area contributed by atoms with E-state index in [1.165, 1.54) is 0 Å². The van der Waals surface area contributed by atoms with E-state index in [0.717, 1.165) is 39.1 Å². The van der Waals surface area contributed by atoms with E-state index in [4.69, 9.17) is 25.8 Å². The number of nitrogens with one attached hydrogen (secondary N) is 1. The molecule has 0 aromatic heterocycles. The summed E-state index contributed by atoms with van der Waals surface area (Å²) in [5, 5.41) is 14.9. The first-order valence-corrected chi connectivity index (χ1v) is 13.1. The number of ether oxygens (including phenoxy) is 3. The first-order chi connectivity index (χ1) is 18.7. The number of halogens is 1. The highest BCUT2D eigenvalue weighted by molar-refractivity contribution is 6.30. The van der Waals surface area contributed by atoms with Gasteiger partial charge in [0, 0.05) is 27.4 Å². The summed E-state index contributed by atoms with van der Waals surface area (Å²) in [6.07, 6.45) is 4.24. The molecule has 2 aliphatic rings. The lowest BCUT2D eigenvalue weighted by Crippen LogP contribution is -2.32. The SMILES string of the molecule is COc1c(O)ccc2c1-c1ccc3c(c1C(=Cc1cccc(Oc4ccc(Cl)cc4)c1)O2)C(C)=CC(C)(C)N3. The van der Waals surface area contributed by atoms with Gasteiger partial charge >= 0.3 is 0 Å². The number of rotatable bonds is 4. The third-order valence-electron chi connectivity index (χ3n) is 6.88. The Balaban J connectivity index is 1.51. The number of anilines is 1. The monoisotopic (exact) mass is 537 g/mol. The first-order valence-electron chi connectivity index (χ1n) is 12.7. The van der Waals surface area contributed by atoms with Gasteiger partial charge in [0.05, 0.1) is 18.2 Å². The van der Waals surface area contributed by atoms with E-state index in [1.807, 2.05) is 42.5 Å². The summed E-state index contributed by atoms with van der Waals surface area (Å²) in [5.74, 6) is 3.16. The van der Waals surface area contributed by atoms with E-state index in [-0.39, 0.29) is 11.3 Å². The van der Waals surface area contributed by atoms with Crippen molar-refractivity contribution in [3.05, 3.63) is 101 Å². The van der Waals surface area contributed by atoms with Crippen LogP contribution in [-0.4, -0.2) is 17.8 Å². The molecule has 2 heterocycles. The Morgan fingerprint density at radius 1 is 0.923 bits per heavy atom. The van der Waals surface area contributed by atoms with Crippen LogP contribution in [0.4, 0.5) is 5.69 Å². The van der Waals surface area contributed by atoms with Crippen LogP contribution in [0.15, 0.2) is 78.9 Å². The third kappa shape index (κ3) is 4.59. The molecule has 2 N–H and O–H groups in total. The van der Waals surface area contributed by atoms with Gasteiger partial charge in [-0.1, -0.05) is 35.9 Å². The van der Waals surface area contributed by atoms with Gasteiger partial charge in [-0.2, -0.15) is 0 Å². The molecule has 4 aromatic rings. The molecule has 0 amide bonds. The van der Waals surface area contributed by atoms with Crippen LogP contribution in [-0.2, 0) is 0 Å². The zero-order valence-electron chi connectivity index (χ0n) is 22.1. The maximum atomic E-state index is 10.6. The number of hydrogen-bond donors (Lipinski definition) is 2. The second-order valence-electron chi connectivity index (χ2n) is 10.3. The van der Waals surface area contributed by atoms with E-state index in [0.29, 0.717) is 33.8 Å². The maximum absolute atomic E-state index is 10.6. The summed E-state index contributed by atoms with van der Waals surface area (Å²) >= 11 is 6.02. The van der Waals surface area contributed by atoms with Crippen LogP contribution >= 0.6 is 11.6 Å². The Kier molecular flexibility index (Phi) is 6.04. The highest BCUT2D eigenvalue weighted by Crippen LogP contribution is 2.54. The normalized spacial score (nSPS) is 15.7. The Morgan fingerprint density at radius 3 is 2.49 bits per heavy atom. The summed E-state index contributed by atoms with van der Waals surface area (Å²) in [4.78, 5) is 0. The molecule has 39 heavy (non-hydrogen) atoms. The van der Waals surface area contributed by atoms with Gasteiger partial charge in [0.25, 0.3) is 0 Å². The zero-order valence-corrected chi connectivity index (χ0v) is 22.9. The number of fused-ring (bicyclic) bond motifs is 5. The van der Waals surface area contributed by atoms with E-state index < -0.39 is 0 Å². The number of phenols is 1. The molecule has 2 aliphatic heterocycles. The van der Waals surface area contributed by atoms with Crippen molar-refractivity contribution in [3.8, 4) is 39.9 Å². The fourth-order valence-corrected chi connectivity index (χ4v) is 5.53. The average molecular weight is 538 g/mol. The molecule has 0 saturated heterocycles. The minimum absolute atomic E-state index is 0.0644. The lowest BCUT2D eigenvalue weighted by molar-refractivity contribution is 0.371. The molecule has 6 heteroatoms. The number of phenolic OH excluding ortho intramolecular Hbond substituents is 1. The van der Waals surface area contributed by atoms with Crippen molar-refractivity contribution in [3.63, 3.8) is 0 Å². The standard InChI is InChI=1S/C33H28ClNO4/c1-19-18-33(2,3)35-25-13-12-24-30(29(19)25)28(39-27-15-14-26(36)32(37-4)31(24)27)17-20-6-5-7-23(16-20)38-22-10-8-21(34)9-11-22/h5-18,35-36H,1-4H3. The molecule has 4 aromatic carbocycles. The molecular weight excluding hydrogens is 510 g/mol. The summed E-state index contributed by atoms with van der Waals surface area (Å²) in [6.45, 7) is 6.42. The van der Waals surface area contributed by atoms with Crippen molar-refractivity contribution in [2.75, 3.05) is 12.4 Å². The predicted octanol–water partition coefficient (Wildman–Crippen LogP) is 9.01. The number of allylic oxidation sites excluding steroid dienone is 1. The van der Waals surface area contributed by atoms with Gasteiger partial charge in [-0.25, -0.2) is 0 Å². The number of benzene rings is 4. The quantitative estimate of drug-likeness (QED) is 0.272. The van der Waals surface area contributed by atoms with E-state index in [2.05, 4.69) is 44.3 Å². The Morgan fingerprint density at radius 2 is 1.72 bits per heavy atom. The summed E-state index contributed by atoms with van der Waals surface area (Å²) in [5.41, 5.74) is 6.54. The molecule has 0 unspecified atom stereocenters. The van der Waals surface area contributed by atoms with Gasteiger partial charge in [0.1, 0.15) is 23.0 Å². The second kappa shape index (κ2) is 9.44. The minimum Gasteiger partial charge on any atom is -0.504 e. The summed E-state index contributed by atoms with van der Waals surface area (Å²) < 4.78 is 18.3. The molecule has 0 spiro atoms. The van der Waals surface area contributed by atoms with E-state index in [1.54, 1.807) is 31.4 Å². The van der Waals surface area contributed by atoms with Crippen LogP contribution in [0.3, 0.4) is 0 Å². The van der Waals surface area contributed by atoms with Crippen LogP contribution < -0.4 is 19.5 Å². The van der Waals surface area contributed by atoms with Gasteiger partial charge in [-0.05, 0) is 92.6 Å². The smallest absolute Gasteiger partial charge is 0.172 e. The lowest BCUT2D eigenvalue weighted by atomic mass is 9.83. The van der Waals surface area contributed by atoms with Crippen molar-refractivity contribution in [1.29, 1.82) is 0 Å². The van der Waals surface area contributed by atoms with Crippen LogP contribution in [0.5, 0.6) is 28.7 Å². The van der Waals surface area contributed by atoms with Crippen LogP contribution in [0.1, 0.15) is 37.5 Å². The third-order valence-corrected chi connectivity index (χ3v) is 7.13. The van der Waals surface area contributed by atoms with Gasteiger partial charge in [0.2, 0.25) is 0 Å². The van der Waals surface area contributed by atoms with Crippen molar-refractivity contribution in [2.45, 2.75) is 26.3 Å². The van der Waals surface area contributed by atoms with E-state index in [9.17, 15) is 5.11 Å². The molecule has 5 nitrogen and oxygen atoms in total. The molecular formula is C33H28ClNO4. The molecule has 0 aliphatic carbocycles. The van der Waals surface area contributed by atoms with Gasteiger partial charge < -0.3 is 24.6 Å². The lowest BCUT2D eigenvalue weighted by Gasteiger charge is -2.35. The minimum atomic E-state index is -0.189. The average Bonchev–Trinajstić information content (AvgIpc) is 2.89. The highest BCUT2D eigenvalue weighted by atomic mass is 35.5. The Bertz CT molecular complexity index is 1670. The van der Waals surface area contributed by atoms with Crippen molar-refractivity contribution in [2.24, 2.45) is 0 Å². The molecule has 0 atom stereocenters. The van der Waals surface area contributed by atoms with Crippen molar-refractivity contribution < 1.29 is 19.3 Å². The largest absolute Gasteiger partial charge is 0.504 e. The van der Waals surface area contributed by atoms with Crippen LogP contribution in [0.25, 0.3) is 28.5 Å². The van der Waals surface area contributed by atoms with Gasteiger partial charge in [-0.3, -0.25) is 0 Å². The van der Waals surface area contributed by atoms with Crippen molar-refractivity contribution in [1.82, 2.24) is 0 Å². The Hall–Kier alpha value is -4.35. The molecule has 6 rings (SSSR count). The van der Waals surface area contributed by atoms with Gasteiger partial charge in [-0.15, -0.1) is 0 Å². The number of aromatic hydroxyl groups is 1. The predicted molar refractivity (Wildman–Crippen MR) is 158 cm³/mol. The van der Waals surface area contributed by atoms with Crippen LogP contribution in [0, 0.1) is 0 Å². The fraction of sp³-hybridized carbons (Fsp3) is 0.152. The second-order valence-corrected chi connectivity index (χ2v) is 10.8. The van der Waals surface area contributed by atoms with E-state index >= 15 is 0 Å². The maximum Gasteiger partial charge on any atom is 0.172 e. The summed E-state index contributed by atoms with van der Waals surface area (Å²) in [6, 6.07) is 22.6. The fourth-order valence-electron chi connectivity index (χ4n) is 5.41. The van der Waals surface area contributed by atoms with Crippen LogP contribution in [0.2, 0.25) is 5.02 Å². The highest BCUT2D eigenvalue weighted by Gasteiger charge is 2.33. The van der Waals surface area contributed by atoms with Crippen molar-refractivity contribution >= 4 is 34.7 Å². The topological polar surface area (TPSA) is 60.0 Å². The zero-order chi connectivity index (χ0) is 27.3. The van der Waals surface area contributed by atoms with Gasteiger partial charge in [0.15, 0.2) is 11.5 Å². The molecule has 196 valence electrons. The Labute approximate surface area is 232 Å². The summed E-state index contributed by atoms with van der Waals surface area (Å²) in [7, 11) is 1.56. The molecule has 0 saturated carbocycles. The number of methoxy groups -OCH3 is 1. The molecule has 0 fully saturated rings. The molecule has 0 bridgehead atoms.